The fourth-order valence-corrected chi connectivity index (χ4v) is 3.11. The predicted molar refractivity (Wildman–Crippen MR) is 83.1 cm³/mol. The van der Waals surface area contributed by atoms with E-state index in [1.165, 1.54) is 11.1 Å². The number of alkyl halides is 2. The van der Waals surface area contributed by atoms with E-state index >= 15 is 0 Å². The molecular weight excluding hydrogens is 322 g/mol. The van der Waals surface area contributed by atoms with E-state index in [1.54, 1.807) is 13.8 Å². The molecule has 2 rings (SSSR count). The molecule has 2 atom stereocenters. The molecule has 3 N–H and O–H groups in total. The first-order chi connectivity index (χ1) is 11.1. The molecule has 0 spiro atoms. The van der Waals surface area contributed by atoms with E-state index in [9.17, 15) is 18.4 Å². The molecule has 2 fully saturated rings. The van der Waals surface area contributed by atoms with Crippen LogP contribution in [0.5, 0.6) is 0 Å². The molecule has 2 saturated heterocycles. The average Bonchev–Trinajstić information content (AvgIpc) is 3.01. The van der Waals surface area contributed by atoms with Gasteiger partial charge in [-0.25, -0.2) is 18.6 Å². The van der Waals surface area contributed by atoms with Gasteiger partial charge in [0, 0.05) is 12.6 Å². The molecule has 2 amide bonds. The second-order valence-corrected chi connectivity index (χ2v) is 6.80. The van der Waals surface area contributed by atoms with Gasteiger partial charge in [-0.05, 0) is 20.3 Å². The lowest BCUT2D eigenvalue weighted by atomic mass is 9.89. The number of hydrazine groups is 1. The number of ether oxygens (including phenoxy) is 1. The SMILES string of the molecule is C=CCOC(=O)C(C)(C)CCN1[C@@H]2[C@H](CN1C(N)=O)NCC2(F)F. The number of fused-ring (bicyclic) bond motifs is 1. The fraction of sp³-hybridized carbons (Fsp3) is 0.733. The van der Waals surface area contributed by atoms with Gasteiger partial charge in [0.15, 0.2) is 0 Å². The third-order valence-corrected chi connectivity index (χ3v) is 4.52. The highest BCUT2D eigenvalue weighted by molar-refractivity contribution is 5.76. The Morgan fingerprint density at radius 2 is 2.17 bits per heavy atom. The molecule has 0 aromatic rings. The van der Waals surface area contributed by atoms with Gasteiger partial charge >= 0.3 is 12.0 Å². The van der Waals surface area contributed by atoms with Gasteiger partial charge in [0.25, 0.3) is 5.92 Å². The summed E-state index contributed by atoms with van der Waals surface area (Å²) < 4.78 is 33.3. The number of primary amides is 1. The van der Waals surface area contributed by atoms with Crippen LogP contribution in [0.2, 0.25) is 0 Å². The molecular formula is C15H24F2N4O3. The highest BCUT2D eigenvalue weighted by Gasteiger charge is 2.59. The van der Waals surface area contributed by atoms with Gasteiger partial charge in [-0.3, -0.25) is 9.80 Å². The number of amides is 2. The van der Waals surface area contributed by atoms with Crippen molar-refractivity contribution < 1.29 is 23.1 Å². The number of esters is 1. The Bertz CT molecular complexity index is 527. The van der Waals surface area contributed by atoms with Crippen LogP contribution in [0.4, 0.5) is 13.6 Å². The van der Waals surface area contributed by atoms with E-state index in [-0.39, 0.29) is 26.1 Å². The van der Waals surface area contributed by atoms with Crippen molar-refractivity contribution in [3.63, 3.8) is 0 Å². The Balaban J connectivity index is 2.08. The number of nitrogens with zero attached hydrogens (tertiary/aromatic N) is 2. The van der Waals surface area contributed by atoms with Crippen molar-refractivity contribution in [2.24, 2.45) is 11.1 Å². The maximum Gasteiger partial charge on any atom is 0.329 e. The van der Waals surface area contributed by atoms with E-state index in [0.29, 0.717) is 0 Å². The minimum absolute atomic E-state index is 0.0894. The molecule has 0 aromatic heterocycles. The molecule has 0 bridgehead atoms. The van der Waals surface area contributed by atoms with Crippen LogP contribution in [0, 0.1) is 5.41 Å². The van der Waals surface area contributed by atoms with E-state index in [2.05, 4.69) is 11.9 Å². The maximum atomic E-state index is 14.1. The zero-order valence-corrected chi connectivity index (χ0v) is 13.9. The van der Waals surface area contributed by atoms with Crippen molar-refractivity contribution in [2.75, 3.05) is 26.2 Å². The summed E-state index contributed by atoms with van der Waals surface area (Å²) in [6.07, 6.45) is 1.70. The van der Waals surface area contributed by atoms with Crippen LogP contribution in [0.15, 0.2) is 12.7 Å². The van der Waals surface area contributed by atoms with Gasteiger partial charge in [0.05, 0.1) is 18.5 Å². The number of halogens is 2. The molecule has 7 nitrogen and oxygen atoms in total. The Labute approximate surface area is 139 Å². The first kappa shape index (κ1) is 18.6. The van der Waals surface area contributed by atoms with Gasteiger partial charge in [-0.2, -0.15) is 0 Å². The second kappa shape index (κ2) is 6.64. The summed E-state index contributed by atoms with van der Waals surface area (Å²) in [5.74, 6) is -3.41. The van der Waals surface area contributed by atoms with Gasteiger partial charge in [-0.1, -0.05) is 12.7 Å². The van der Waals surface area contributed by atoms with Crippen molar-refractivity contribution >= 4 is 12.0 Å². The van der Waals surface area contributed by atoms with Gasteiger partial charge in [0.2, 0.25) is 0 Å². The minimum atomic E-state index is -2.97. The second-order valence-electron chi connectivity index (χ2n) is 6.80. The standard InChI is InChI=1S/C15H24F2N4O3/c1-4-7-24-12(22)14(2,3)5-6-20-11-10(8-21(20)13(18)23)19-9-15(11,16)17/h4,10-11,19H,1,5-9H2,2-3H3,(H2,18,23)/t10-,11+/m0/s1. The Morgan fingerprint density at radius 3 is 2.75 bits per heavy atom. The number of carbonyl (C=O) groups excluding carboxylic acids is 2. The van der Waals surface area contributed by atoms with Crippen LogP contribution < -0.4 is 11.1 Å². The topological polar surface area (TPSA) is 87.9 Å². The van der Waals surface area contributed by atoms with Crippen molar-refractivity contribution in [2.45, 2.75) is 38.3 Å². The predicted octanol–water partition coefficient (Wildman–Crippen LogP) is 0.719. The van der Waals surface area contributed by atoms with E-state index in [1.807, 2.05) is 0 Å². The quantitative estimate of drug-likeness (QED) is 0.547. The van der Waals surface area contributed by atoms with Crippen molar-refractivity contribution in [3.05, 3.63) is 12.7 Å². The number of nitrogens with two attached hydrogens (primary N) is 1. The van der Waals surface area contributed by atoms with E-state index in [0.717, 1.165) is 5.01 Å². The molecule has 0 radical (unpaired) electrons. The van der Waals surface area contributed by atoms with Crippen LogP contribution in [0.3, 0.4) is 0 Å². The van der Waals surface area contributed by atoms with Crippen LogP contribution in [-0.4, -0.2) is 66.3 Å². The fourth-order valence-electron chi connectivity index (χ4n) is 3.11. The van der Waals surface area contributed by atoms with Crippen LogP contribution in [0.1, 0.15) is 20.3 Å². The molecule has 0 aliphatic carbocycles. The summed E-state index contributed by atoms with van der Waals surface area (Å²) in [7, 11) is 0. The minimum Gasteiger partial charge on any atom is -0.461 e. The molecule has 0 unspecified atom stereocenters. The zero-order valence-electron chi connectivity index (χ0n) is 13.9. The van der Waals surface area contributed by atoms with Gasteiger partial charge in [0.1, 0.15) is 12.6 Å². The molecule has 2 aliphatic heterocycles. The Kier molecular flexibility index (Phi) is 5.14. The average molecular weight is 346 g/mol. The van der Waals surface area contributed by atoms with Crippen molar-refractivity contribution in [3.8, 4) is 0 Å². The lowest BCUT2D eigenvalue weighted by molar-refractivity contribution is -0.154. The Morgan fingerprint density at radius 1 is 1.50 bits per heavy atom. The number of nitrogens with one attached hydrogen (secondary N) is 1. The summed E-state index contributed by atoms with van der Waals surface area (Å²) in [5, 5.41) is 5.14. The number of rotatable bonds is 6. The maximum absolute atomic E-state index is 14.1. The monoisotopic (exact) mass is 346 g/mol. The molecule has 136 valence electrons. The van der Waals surface area contributed by atoms with Gasteiger partial charge < -0.3 is 15.8 Å². The first-order valence-corrected chi connectivity index (χ1v) is 7.83. The van der Waals surface area contributed by atoms with E-state index in [4.69, 9.17) is 10.5 Å². The molecule has 0 aromatic carbocycles. The third kappa shape index (κ3) is 3.51. The zero-order chi connectivity index (χ0) is 18.1. The third-order valence-electron chi connectivity index (χ3n) is 4.52. The summed E-state index contributed by atoms with van der Waals surface area (Å²) >= 11 is 0. The molecule has 2 aliphatic rings. The lowest BCUT2D eigenvalue weighted by Gasteiger charge is -2.35. The first-order valence-electron chi connectivity index (χ1n) is 7.83. The number of hydrogen-bond acceptors (Lipinski definition) is 5. The van der Waals surface area contributed by atoms with Crippen LogP contribution in [-0.2, 0) is 9.53 Å². The molecule has 9 heteroatoms. The number of urea groups is 1. The van der Waals surface area contributed by atoms with Crippen LogP contribution in [0.25, 0.3) is 0 Å². The van der Waals surface area contributed by atoms with Crippen LogP contribution >= 0.6 is 0 Å². The van der Waals surface area contributed by atoms with Crippen molar-refractivity contribution in [1.82, 2.24) is 15.3 Å². The smallest absolute Gasteiger partial charge is 0.329 e. The van der Waals surface area contributed by atoms with Crippen molar-refractivity contribution in [1.29, 1.82) is 0 Å². The Hall–Kier alpha value is -1.74. The summed E-state index contributed by atoms with van der Waals surface area (Å²) in [6, 6.07) is -2.47. The van der Waals surface area contributed by atoms with Gasteiger partial charge in [-0.15, -0.1) is 0 Å². The summed E-state index contributed by atoms with van der Waals surface area (Å²) in [5.41, 5.74) is 4.43. The largest absolute Gasteiger partial charge is 0.461 e. The summed E-state index contributed by atoms with van der Waals surface area (Å²) in [6.45, 7) is 6.66. The summed E-state index contributed by atoms with van der Waals surface area (Å²) in [4.78, 5) is 23.6. The molecule has 24 heavy (non-hydrogen) atoms. The number of hydrogen-bond donors (Lipinski definition) is 2. The molecule has 0 saturated carbocycles. The highest BCUT2D eigenvalue weighted by Crippen LogP contribution is 2.37. The number of carbonyl (C=O) groups is 2. The lowest BCUT2D eigenvalue weighted by Crippen LogP contribution is -2.53. The van der Waals surface area contributed by atoms with E-state index < -0.39 is 42.0 Å². The normalized spacial score (nSPS) is 26.2. The highest BCUT2D eigenvalue weighted by atomic mass is 19.3. The molecule has 2 heterocycles.